The maximum Gasteiger partial charge on any atom is 0.314 e. The van der Waals surface area contributed by atoms with Crippen molar-refractivity contribution < 1.29 is 43.9 Å². The molecule has 120 valence electrons. The molecule has 0 aromatic rings. The molecule has 0 rings (SSSR count). The van der Waals surface area contributed by atoms with Crippen molar-refractivity contribution in [3.63, 3.8) is 0 Å². The standard InChI is InChI=1S/C10H21N3.C2H3BrO2.2ClH/c1-11(2)7-10(8-12(3)4)9-13(5)6;3-1-2(4)5;;/h7-9H,1-6H3;1H2,(H,4,5);2*1H/q+2;;;/p-2. The first-order chi connectivity index (χ1) is 8.18. The number of carboxylic acids is 1. The summed E-state index contributed by atoms with van der Waals surface area (Å²) < 4.78 is 4.07. The van der Waals surface area contributed by atoms with Crippen LogP contribution in [0.4, 0.5) is 0 Å². The van der Waals surface area contributed by atoms with Crippen LogP contribution >= 0.6 is 15.9 Å². The van der Waals surface area contributed by atoms with Crippen LogP contribution in [0.3, 0.4) is 0 Å². The van der Waals surface area contributed by atoms with Crippen LogP contribution in [0.25, 0.3) is 0 Å². The van der Waals surface area contributed by atoms with Gasteiger partial charge < -0.3 is 34.8 Å². The molecule has 0 unspecified atom stereocenters. The van der Waals surface area contributed by atoms with E-state index in [1.165, 1.54) is 5.57 Å². The van der Waals surface area contributed by atoms with Gasteiger partial charge in [-0.15, -0.1) is 0 Å². The van der Waals surface area contributed by atoms with Gasteiger partial charge in [0.2, 0.25) is 0 Å². The lowest BCUT2D eigenvalue weighted by atomic mass is 10.3. The monoisotopic (exact) mass is 391 g/mol. The lowest BCUT2D eigenvalue weighted by Crippen LogP contribution is -3.00. The number of alkyl halides is 1. The third kappa shape index (κ3) is 26.1. The van der Waals surface area contributed by atoms with E-state index in [2.05, 4.69) is 34.6 Å². The Kier molecular flexibility index (Phi) is 22.8. The van der Waals surface area contributed by atoms with Gasteiger partial charge in [0.1, 0.15) is 39.1 Å². The van der Waals surface area contributed by atoms with Gasteiger partial charge in [-0.3, -0.25) is 4.79 Å². The average molecular weight is 393 g/mol. The number of carboxylic acid groups (broad SMARTS) is 1. The Labute approximate surface area is 142 Å². The summed E-state index contributed by atoms with van der Waals surface area (Å²) in [6.07, 6.45) is 6.25. The molecule has 0 saturated heterocycles. The van der Waals surface area contributed by atoms with Crippen LogP contribution in [-0.2, 0) is 4.79 Å². The molecule has 5 nitrogen and oxygen atoms in total. The van der Waals surface area contributed by atoms with Crippen LogP contribution in [0, 0.1) is 0 Å². The molecule has 20 heavy (non-hydrogen) atoms. The molecule has 0 aromatic heterocycles. The Balaban J connectivity index is -0.000000158. The smallest absolute Gasteiger partial charge is 0.314 e. The molecule has 0 aliphatic heterocycles. The van der Waals surface area contributed by atoms with E-state index in [0.717, 1.165) is 0 Å². The number of nitrogens with zero attached hydrogens (tertiary/aromatic N) is 3. The van der Waals surface area contributed by atoms with Crippen molar-refractivity contribution >= 4 is 34.3 Å². The summed E-state index contributed by atoms with van der Waals surface area (Å²) in [4.78, 5) is 11.4. The van der Waals surface area contributed by atoms with Crippen LogP contribution in [0.15, 0.2) is 11.8 Å². The maximum absolute atomic E-state index is 9.32. The zero-order chi connectivity index (χ0) is 14.7. The lowest BCUT2D eigenvalue weighted by molar-refractivity contribution is -0.462. The maximum atomic E-state index is 9.32. The Bertz CT molecular complexity index is 329. The number of hydrogen-bond donors (Lipinski definition) is 1. The van der Waals surface area contributed by atoms with Crippen molar-refractivity contribution in [1.29, 1.82) is 0 Å². The van der Waals surface area contributed by atoms with Gasteiger partial charge in [-0.1, -0.05) is 15.9 Å². The van der Waals surface area contributed by atoms with Crippen LogP contribution in [0.1, 0.15) is 0 Å². The Morgan fingerprint density at radius 1 is 1.10 bits per heavy atom. The highest BCUT2D eigenvalue weighted by Gasteiger charge is 1.99. The largest absolute Gasteiger partial charge is 1.00 e. The molecule has 8 heteroatoms. The van der Waals surface area contributed by atoms with Gasteiger partial charge in [-0.25, -0.2) is 9.15 Å². The first-order valence-corrected chi connectivity index (χ1v) is 6.49. The zero-order valence-corrected chi connectivity index (χ0v) is 15.9. The van der Waals surface area contributed by atoms with Gasteiger partial charge in [0.05, 0.1) is 0 Å². The van der Waals surface area contributed by atoms with E-state index in [1.807, 2.05) is 56.3 Å². The molecular weight excluding hydrogens is 369 g/mol. The first kappa shape index (κ1) is 27.7. The van der Waals surface area contributed by atoms with Crippen molar-refractivity contribution in [3.8, 4) is 0 Å². The highest BCUT2D eigenvalue weighted by Crippen LogP contribution is 1.87. The Morgan fingerprint density at radius 3 is 1.55 bits per heavy atom. The van der Waals surface area contributed by atoms with E-state index in [-0.39, 0.29) is 30.1 Å². The SMILES string of the molecule is CN(C)C=C(C=[N+](C)C)C=[N+](C)C.O=C(O)CBr.[Cl-].[Cl-]. The zero-order valence-electron chi connectivity index (χ0n) is 12.8. The number of rotatable bonds is 4. The van der Waals surface area contributed by atoms with E-state index < -0.39 is 5.97 Å². The molecule has 0 bridgehead atoms. The van der Waals surface area contributed by atoms with Crippen LogP contribution in [0.2, 0.25) is 0 Å². The quantitative estimate of drug-likeness (QED) is 0.295. The molecule has 0 radical (unpaired) electrons. The number of aliphatic carboxylic acids is 1. The lowest BCUT2D eigenvalue weighted by Gasteiger charge is -2.03. The van der Waals surface area contributed by atoms with Crippen LogP contribution < -0.4 is 24.8 Å². The molecule has 0 spiro atoms. The second-order valence-corrected chi connectivity index (χ2v) is 4.87. The first-order valence-electron chi connectivity index (χ1n) is 5.37. The fourth-order valence-corrected chi connectivity index (χ4v) is 0.994. The van der Waals surface area contributed by atoms with Gasteiger partial charge >= 0.3 is 5.97 Å². The third-order valence-electron chi connectivity index (χ3n) is 1.34. The van der Waals surface area contributed by atoms with E-state index in [9.17, 15) is 4.79 Å². The molecule has 0 atom stereocenters. The number of carbonyl (C=O) groups is 1. The van der Waals surface area contributed by atoms with Crippen molar-refractivity contribution in [2.24, 2.45) is 0 Å². The highest BCUT2D eigenvalue weighted by molar-refractivity contribution is 9.09. The van der Waals surface area contributed by atoms with Crippen molar-refractivity contribution in [1.82, 2.24) is 4.90 Å². The Hall–Kier alpha value is -0.590. The topological polar surface area (TPSA) is 46.6 Å². The van der Waals surface area contributed by atoms with E-state index in [0.29, 0.717) is 0 Å². The second kappa shape index (κ2) is 16.5. The average Bonchev–Trinajstić information content (AvgIpc) is 2.14. The summed E-state index contributed by atoms with van der Waals surface area (Å²) in [5.74, 6) is -0.829. The van der Waals surface area contributed by atoms with Gasteiger partial charge in [0, 0.05) is 20.3 Å². The predicted molar refractivity (Wildman–Crippen MR) is 79.5 cm³/mol. The number of halogens is 3. The van der Waals surface area contributed by atoms with Crippen LogP contribution in [-0.4, -0.2) is 85.2 Å². The summed E-state index contributed by atoms with van der Waals surface area (Å²) in [6, 6.07) is 0. The minimum Gasteiger partial charge on any atom is -1.00 e. The van der Waals surface area contributed by atoms with E-state index >= 15 is 0 Å². The molecule has 0 aliphatic rings. The second-order valence-electron chi connectivity index (χ2n) is 4.31. The molecule has 1 N–H and O–H groups in total. The van der Waals surface area contributed by atoms with E-state index in [4.69, 9.17) is 5.11 Å². The highest BCUT2D eigenvalue weighted by atomic mass is 79.9. The fraction of sp³-hybridized carbons (Fsp3) is 0.583. The summed E-state index contributed by atoms with van der Waals surface area (Å²) in [5.41, 5.74) is 1.18. The van der Waals surface area contributed by atoms with Crippen molar-refractivity contribution in [3.05, 3.63) is 11.8 Å². The van der Waals surface area contributed by atoms with Crippen molar-refractivity contribution in [2.45, 2.75) is 0 Å². The molecule has 0 amide bonds. The molecule has 0 saturated carbocycles. The summed E-state index contributed by atoms with van der Waals surface area (Å²) in [5, 5.41) is 7.71. The normalized spacial score (nSPS) is 7.55. The summed E-state index contributed by atoms with van der Waals surface area (Å²) in [6.45, 7) is 0. The summed E-state index contributed by atoms with van der Waals surface area (Å²) in [7, 11) is 12.1. The molecular formula is C12H24BrCl2N3O2. The van der Waals surface area contributed by atoms with E-state index in [1.54, 1.807) is 0 Å². The van der Waals surface area contributed by atoms with Crippen LogP contribution in [0.5, 0.6) is 0 Å². The van der Waals surface area contributed by atoms with Gasteiger partial charge in [-0.2, -0.15) is 0 Å². The number of hydrogen-bond acceptors (Lipinski definition) is 2. The van der Waals surface area contributed by atoms with Gasteiger partial charge in [-0.05, 0) is 0 Å². The molecule has 0 aliphatic carbocycles. The number of allylic oxidation sites excluding steroid dienone is 1. The van der Waals surface area contributed by atoms with Gasteiger partial charge in [0.15, 0.2) is 12.4 Å². The fourth-order valence-electron chi connectivity index (χ4n) is 0.994. The molecule has 0 fully saturated rings. The summed E-state index contributed by atoms with van der Waals surface area (Å²) >= 11 is 2.71. The molecule has 0 aromatic carbocycles. The third-order valence-corrected chi connectivity index (χ3v) is 1.82. The van der Waals surface area contributed by atoms with Crippen molar-refractivity contribution in [2.75, 3.05) is 47.6 Å². The minimum atomic E-state index is -0.829. The Morgan fingerprint density at radius 2 is 1.40 bits per heavy atom. The predicted octanol–water partition coefficient (Wildman–Crippen LogP) is -5.41. The minimum absolute atomic E-state index is 0. The molecule has 0 heterocycles. The van der Waals surface area contributed by atoms with Gasteiger partial charge in [0.25, 0.3) is 0 Å².